The van der Waals surface area contributed by atoms with Gasteiger partial charge in [-0.1, -0.05) is 22.2 Å². The summed E-state index contributed by atoms with van der Waals surface area (Å²) < 4.78 is 133. The monoisotopic (exact) mass is 1020 g/mol. The van der Waals surface area contributed by atoms with Crippen LogP contribution in [0.5, 0.6) is 5.75 Å². The average Bonchev–Trinajstić information content (AvgIpc) is 3.24. The van der Waals surface area contributed by atoms with E-state index in [1.807, 2.05) is 0 Å². The van der Waals surface area contributed by atoms with Gasteiger partial charge in [0.25, 0.3) is 16.0 Å². The first-order valence-corrected chi connectivity index (χ1v) is 24.7. The summed E-state index contributed by atoms with van der Waals surface area (Å²) in [4.78, 5) is 11.7. The van der Waals surface area contributed by atoms with Crippen molar-refractivity contribution < 1.29 is 90.3 Å². The topological polar surface area (TPSA) is 398 Å². The maximum absolute atomic E-state index is 13.2. The number of benzene rings is 5. The number of phenolic OH excluding ortho intramolecular Hbond substituents is 1. The molecule has 0 unspecified atom stereocenters. The van der Waals surface area contributed by atoms with Crippen LogP contribution in [0, 0.1) is 0 Å². The number of hydrogen-bond donors (Lipinski definition) is 7. The lowest BCUT2D eigenvalue weighted by Crippen LogP contribution is -2.15. The number of carbonyl (C=O) groups is 1. The standard InChI is InChI=1S/C33H30N6O20S6/c34-29-28-20(17-27(64(48,49)50)31(29)39-36-21-7-9-24(10-8-21)62(44,45)14-12-55-65(51,52)53)16-26(60-58-56-42)30(32(28)40)38-37-23-5-1-3-19(15-23)33(41)35-22-4-2-6-25(18-22)63(46,47)13-11-54-61-59-57-43/h1-10,15-18,40,42-43H,11-14,34H2,(H,35,41)(H,48,49,50)(H,51,52,53). The Morgan fingerprint density at radius 3 is 2.03 bits per heavy atom. The fourth-order valence-electron chi connectivity index (χ4n) is 5.33. The molecule has 65 heavy (non-hydrogen) atoms. The number of aromatic hydroxyl groups is 1. The number of hydrogen-bond acceptors (Lipinski definition) is 25. The lowest BCUT2D eigenvalue weighted by atomic mass is 10.1. The summed E-state index contributed by atoms with van der Waals surface area (Å²) in [5, 5.41) is 53.5. The van der Waals surface area contributed by atoms with Crippen molar-refractivity contribution in [3.8, 4) is 5.75 Å². The van der Waals surface area contributed by atoms with E-state index < -0.39 is 91.9 Å². The second kappa shape index (κ2) is 21.8. The second-order valence-electron chi connectivity index (χ2n) is 12.4. The van der Waals surface area contributed by atoms with E-state index >= 15 is 0 Å². The van der Waals surface area contributed by atoms with Gasteiger partial charge in [0.15, 0.2) is 37.7 Å². The second-order valence-corrected chi connectivity index (χ2v) is 20.3. The Labute approximate surface area is 375 Å². The SMILES string of the molecule is Nc1c(N=Nc2ccc(S(=O)(=O)CCOS(=O)(=O)O)cc2)c(S(=O)(=O)O)cc2cc(SOOO)c(N=Nc3cccc(C(=O)Nc4cccc(S(=O)(=O)CCOSOOO)c4)c3)c(O)c12. The van der Waals surface area contributed by atoms with E-state index in [1.54, 1.807) is 0 Å². The van der Waals surface area contributed by atoms with Crippen LogP contribution in [0.4, 0.5) is 34.1 Å². The molecule has 348 valence electrons. The van der Waals surface area contributed by atoms with E-state index in [2.05, 4.69) is 48.7 Å². The molecule has 0 aliphatic rings. The third kappa shape index (κ3) is 13.9. The maximum atomic E-state index is 13.2. The number of fused-ring (bicyclic) bond motifs is 1. The Hall–Kier alpha value is -5.27. The molecule has 0 heterocycles. The molecule has 0 aromatic heterocycles. The number of rotatable bonds is 22. The molecule has 5 rings (SSSR count). The third-order valence-electron chi connectivity index (χ3n) is 8.16. The predicted molar refractivity (Wildman–Crippen MR) is 226 cm³/mol. The number of nitrogens with one attached hydrogen (secondary N) is 1. The van der Waals surface area contributed by atoms with Crippen molar-refractivity contribution in [1.29, 1.82) is 0 Å². The maximum Gasteiger partial charge on any atom is 0.397 e. The van der Waals surface area contributed by atoms with Crippen LogP contribution in [0.15, 0.2) is 125 Å². The molecule has 1 amide bonds. The molecule has 5 aromatic carbocycles. The number of anilines is 2. The van der Waals surface area contributed by atoms with Crippen molar-refractivity contribution in [2.75, 3.05) is 35.8 Å². The first-order valence-electron chi connectivity index (χ1n) is 17.2. The normalized spacial score (nSPS) is 12.7. The largest absolute Gasteiger partial charge is 0.505 e. The lowest BCUT2D eigenvalue weighted by Gasteiger charge is -2.14. The van der Waals surface area contributed by atoms with Crippen LogP contribution in [-0.4, -0.2) is 89.0 Å². The predicted octanol–water partition coefficient (Wildman–Crippen LogP) is 6.25. The van der Waals surface area contributed by atoms with Crippen LogP contribution in [-0.2, 0) is 67.3 Å². The average molecular weight is 1020 g/mol. The van der Waals surface area contributed by atoms with Gasteiger partial charge in [-0.2, -0.15) is 27.1 Å². The number of nitrogens with two attached hydrogens (primary N) is 1. The Morgan fingerprint density at radius 2 is 1.35 bits per heavy atom. The highest BCUT2D eigenvalue weighted by Gasteiger charge is 2.26. The van der Waals surface area contributed by atoms with Crippen LogP contribution >= 0.6 is 24.4 Å². The Kier molecular flexibility index (Phi) is 17.0. The van der Waals surface area contributed by atoms with Crippen LogP contribution in [0.1, 0.15) is 10.4 Å². The minimum atomic E-state index is -5.13. The number of carbonyl (C=O) groups excluding carboxylic acids is 1. The molecule has 0 radical (unpaired) electrons. The van der Waals surface area contributed by atoms with Gasteiger partial charge < -0.3 is 16.2 Å². The van der Waals surface area contributed by atoms with E-state index in [1.165, 1.54) is 48.5 Å². The molecule has 32 heteroatoms. The zero-order valence-corrected chi connectivity index (χ0v) is 37.0. The van der Waals surface area contributed by atoms with Crippen LogP contribution < -0.4 is 11.1 Å². The summed E-state index contributed by atoms with van der Waals surface area (Å²) in [5.41, 5.74) is 4.70. The van der Waals surface area contributed by atoms with Gasteiger partial charge in [-0.25, -0.2) is 31.5 Å². The van der Waals surface area contributed by atoms with E-state index in [4.69, 9.17) is 25.0 Å². The summed E-state index contributed by atoms with van der Waals surface area (Å²) >= 11 is 0.471. The smallest absolute Gasteiger partial charge is 0.397 e. The fraction of sp³-hybridized carbons (Fsp3) is 0.121. The summed E-state index contributed by atoms with van der Waals surface area (Å²) in [5.74, 6) is -2.80. The van der Waals surface area contributed by atoms with Gasteiger partial charge in [0.2, 0.25) is 0 Å². The Morgan fingerprint density at radius 1 is 0.708 bits per heavy atom. The molecular weight excluding hydrogens is 993 g/mol. The molecule has 5 aromatic rings. The van der Waals surface area contributed by atoms with Gasteiger partial charge in [0.05, 0.1) is 73.9 Å². The molecule has 0 aliphatic carbocycles. The molecule has 0 bridgehead atoms. The van der Waals surface area contributed by atoms with Gasteiger partial charge in [0.1, 0.15) is 16.3 Å². The third-order valence-corrected chi connectivity index (χ3v) is 13.9. The Bertz CT molecular complexity index is 3090. The highest BCUT2D eigenvalue weighted by Crippen LogP contribution is 2.49. The first-order chi connectivity index (χ1) is 30.6. The van der Waals surface area contributed by atoms with Gasteiger partial charge >= 0.3 is 10.4 Å². The minimum Gasteiger partial charge on any atom is -0.505 e. The summed E-state index contributed by atoms with van der Waals surface area (Å²) in [6.07, 6.45) is 0. The molecule has 8 N–H and O–H groups in total. The van der Waals surface area contributed by atoms with Crippen molar-refractivity contribution >= 4 is 115 Å². The van der Waals surface area contributed by atoms with Crippen molar-refractivity contribution in [3.63, 3.8) is 0 Å². The number of nitrogens with zero attached hydrogens (tertiary/aromatic N) is 4. The van der Waals surface area contributed by atoms with Crippen LogP contribution in [0.2, 0.25) is 0 Å². The molecule has 0 saturated carbocycles. The number of phenols is 1. The highest BCUT2D eigenvalue weighted by atomic mass is 32.3. The fourth-order valence-corrected chi connectivity index (χ4v) is 9.44. The number of nitrogen functional groups attached to an aromatic ring is 1. The number of azo groups is 2. The molecule has 0 atom stereocenters. The molecular formula is C33H30N6O20S6. The van der Waals surface area contributed by atoms with E-state index in [-0.39, 0.29) is 79.1 Å². The quantitative estimate of drug-likeness (QED) is 0.00765. The van der Waals surface area contributed by atoms with Crippen molar-refractivity contribution in [3.05, 3.63) is 90.5 Å². The van der Waals surface area contributed by atoms with Gasteiger partial charge in [-0.05, 0) is 78.2 Å². The van der Waals surface area contributed by atoms with Crippen molar-refractivity contribution in [2.45, 2.75) is 19.6 Å². The number of amides is 1. The molecule has 26 nitrogen and oxygen atoms in total. The summed E-state index contributed by atoms with van der Waals surface area (Å²) in [6.45, 7) is -1.23. The van der Waals surface area contributed by atoms with Gasteiger partial charge in [0, 0.05) is 11.3 Å². The molecule has 0 spiro atoms. The molecule has 0 aliphatic heterocycles. The molecule has 0 saturated heterocycles. The Balaban J connectivity index is 1.45. The number of sulfone groups is 2. The first kappa shape index (κ1) is 50.7. The van der Waals surface area contributed by atoms with E-state index in [0.717, 1.165) is 36.4 Å². The van der Waals surface area contributed by atoms with Crippen LogP contribution in [0.25, 0.3) is 10.8 Å². The summed E-state index contributed by atoms with van der Waals surface area (Å²) in [7, 11) is -18.0. The zero-order valence-electron chi connectivity index (χ0n) is 32.1. The van der Waals surface area contributed by atoms with Gasteiger partial charge in [-0.3, -0.25) is 18.1 Å². The zero-order chi connectivity index (χ0) is 47.6. The van der Waals surface area contributed by atoms with Gasteiger partial charge in [-0.15, -0.1) is 18.9 Å². The van der Waals surface area contributed by atoms with Crippen molar-refractivity contribution in [2.24, 2.45) is 20.5 Å². The van der Waals surface area contributed by atoms with E-state index in [0.29, 0.717) is 0 Å². The molecule has 0 fully saturated rings. The van der Waals surface area contributed by atoms with E-state index in [9.17, 15) is 48.1 Å². The summed E-state index contributed by atoms with van der Waals surface area (Å²) in [6, 6.07) is 17.2. The minimum absolute atomic E-state index is 0.0131. The highest BCUT2D eigenvalue weighted by molar-refractivity contribution is 7.94. The van der Waals surface area contributed by atoms with Crippen LogP contribution in [0.3, 0.4) is 0 Å². The lowest BCUT2D eigenvalue weighted by molar-refractivity contribution is -0.434. The van der Waals surface area contributed by atoms with Crippen molar-refractivity contribution in [1.82, 2.24) is 0 Å².